The number of rotatable bonds is 5. The van der Waals surface area contributed by atoms with E-state index in [1.165, 1.54) is 24.3 Å². The van der Waals surface area contributed by atoms with E-state index in [9.17, 15) is 16.8 Å². The molecule has 6 nitrogen and oxygen atoms in total. The highest BCUT2D eigenvalue weighted by atomic mass is 35.5. The Labute approximate surface area is 134 Å². The topological polar surface area (TPSA) is 92.3 Å². The molecule has 0 spiro atoms. The zero-order valence-electron chi connectivity index (χ0n) is 11.4. The Hall–Kier alpha value is -1.77. The summed E-state index contributed by atoms with van der Waals surface area (Å²) in [5.74, 6) is 0. The minimum Gasteiger partial charge on any atom is -0.284 e. The molecule has 0 bridgehead atoms. The summed E-state index contributed by atoms with van der Waals surface area (Å²) in [6.07, 6.45) is 1.01. The van der Waals surface area contributed by atoms with Gasteiger partial charge in [-0.25, -0.2) is 16.8 Å². The molecule has 0 radical (unpaired) electrons. The summed E-state index contributed by atoms with van der Waals surface area (Å²) < 4.78 is 51.3. The van der Waals surface area contributed by atoms with Crippen molar-refractivity contribution < 1.29 is 16.8 Å². The summed E-state index contributed by atoms with van der Waals surface area (Å²) in [6.45, 7) is 0. The van der Waals surface area contributed by atoms with Crippen LogP contribution in [0.15, 0.2) is 53.4 Å². The van der Waals surface area contributed by atoms with Crippen LogP contribution in [0.5, 0.6) is 0 Å². The Balaban J connectivity index is 2.21. The second-order valence-electron chi connectivity index (χ2n) is 4.51. The van der Waals surface area contributed by atoms with Crippen molar-refractivity contribution >= 4 is 43.0 Å². The average Bonchev–Trinajstić information content (AvgIpc) is 2.40. The zero-order chi connectivity index (χ0) is 16.4. The molecule has 2 aromatic rings. The Kier molecular flexibility index (Phi) is 4.64. The van der Waals surface area contributed by atoms with Crippen molar-refractivity contribution in [2.75, 3.05) is 15.7 Å². The monoisotopic (exact) mass is 360 g/mol. The quantitative estimate of drug-likeness (QED) is 0.856. The van der Waals surface area contributed by atoms with Crippen LogP contribution < -0.4 is 9.44 Å². The molecule has 0 heterocycles. The molecule has 118 valence electrons. The molecule has 0 aliphatic carbocycles. The van der Waals surface area contributed by atoms with E-state index in [-0.39, 0.29) is 10.6 Å². The molecule has 2 N–H and O–H groups in total. The Morgan fingerprint density at radius 3 is 1.73 bits per heavy atom. The van der Waals surface area contributed by atoms with Gasteiger partial charge in [0.15, 0.2) is 0 Å². The van der Waals surface area contributed by atoms with Gasteiger partial charge >= 0.3 is 0 Å². The minimum absolute atomic E-state index is 0.0153. The molecular weight excluding hydrogens is 348 g/mol. The maximum atomic E-state index is 12.2. The van der Waals surface area contributed by atoms with Crippen LogP contribution in [0.25, 0.3) is 0 Å². The van der Waals surface area contributed by atoms with E-state index in [1.807, 2.05) is 0 Å². The first-order chi connectivity index (χ1) is 10.2. The van der Waals surface area contributed by atoms with E-state index in [4.69, 9.17) is 11.6 Å². The Bertz CT molecular complexity index is 861. The van der Waals surface area contributed by atoms with Crippen molar-refractivity contribution in [3.63, 3.8) is 0 Å². The number of nitrogens with one attached hydrogen (secondary N) is 2. The smallest absolute Gasteiger partial charge is 0.261 e. The van der Waals surface area contributed by atoms with Gasteiger partial charge in [0.1, 0.15) is 0 Å². The first-order valence-electron chi connectivity index (χ1n) is 6.02. The Morgan fingerprint density at radius 2 is 1.23 bits per heavy atom. The van der Waals surface area contributed by atoms with Crippen LogP contribution in [0.2, 0.25) is 5.02 Å². The second-order valence-corrected chi connectivity index (χ2v) is 8.38. The van der Waals surface area contributed by atoms with Gasteiger partial charge in [-0.2, -0.15) is 0 Å². The number of hydrogen-bond acceptors (Lipinski definition) is 4. The standard InChI is InChI=1S/C13H13ClN2O4S2/c1-21(17,18)15-11-6-8-13(9-7-11)22(19,20)16-12-4-2-10(14)3-5-12/h2-9,15-16H,1H3. The van der Waals surface area contributed by atoms with Gasteiger partial charge in [0, 0.05) is 16.4 Å². The fourth-order valence-electron chi connectivity index (χ4n) is 1.65. The third-order valence-corrected chi connectivity index (χ3v) is 4.82. The SMILES string of the molecule is CS(=O)(=O)Nc1ccc(S(=O)(=O)Nc2ccc(Cl)cc2)cc1. The molecule has 0 fully saturated rings. The lowest BCUT2D eigenvalue weighted by atomic mass is 10.3. The van der Waals surface area contributed by atoms with Gasteiger partial charge in [-0.05, 0) is 48.5 Å². The van der Waals surface area contributed by atoms with Crippen LogP contribution in [-0.2, 0) is 20.0 Å². The lowest BCUT2D eigenvalue weighted by molar-refractivity contribution is 0.601. The molecule has 0 saturated carbocycles. The number of anilines is 2. The number of benzene rings is 2. The van der Waals surface area contributed by atoms with Gasteiger partial charge < -0.3 is 0 Å². The second kappa shape index (κ2) is 6.15. The fourth-order valence-corrected chi connectivity index (χ4v) is 3.40. The first-order valence-corrected chi connectivity index (χ1v) is 9.77. The van der Waals surface area contributed by atoms with Crippen LogP contribution in [0.4, 0.5) is 11.4 Å². The van der Waals surface area contributed by atoms with Crippen LogP contribution in [0.3, 0.4) is 0 Å². The summed E-state index contributed by atoms with van der Waals surface area (Å²) >= 11 is 5.74. The van der Waals surface area contributed by atoms with Crippen molar-refractivity contribution in [3.05, 3.63) is 53.6 Å². The molecule has 9 heteroatoms. The lowest BCUT2D eigenvalue weighted by Crippen LogP contribution is -2.13. The maximum Gasteiger partial charge on any atom is 0.261 e. The van der Waals surface area contributed by atoms with E-state index in [1.54, 1.807) is 24.3 Å². The minimum atomic E-state index is -3.76. The molecule has 2 aromatic carbocycles. The summed E-state index contributed by atoms with van der Waals surface area (Å²) in [5, 5.41) is 0.499. The highest BCUT2D eigenvalue weighted by Crippen LogP contribution is 2.20. The molecule has 0 aromatic heterocycles. The first kappa shape index (κ1) is 16.6. The molecule has 0 amide bonds. The maximum absolute atomic E-state index is 12.2. The number of halogens is 1. The molecule has 0 unspecified atom stereocenters. The van der Waals surface area contributed by atoms with Gasteiger partial charge in [-0.3, -0.25) is 9.44 Å². The van der Waals surface area contributed by atoms with E-state index >= 15 is 0 Å². The third kappa shape index (κ3) is 4.62. The number of sulfonamides is 2. The van der Waals surface area contributed by atoms with E-state index in [0.29, 0.717) is 10.7 Å². The highest BCUT2D eigenvalue weighted by molar-refractivity contribution is 7.92. The van der Waals surface area contributed by atoms with Gasteiger partial charge in [-0.15, -0.1) is 0 Å². The van der Waals surface area contributed by atoms with Crippen molar-refractivity contribution in [1.82, 2.24) is 0 Å². The lowest BCUT2D eigenvalue weighted by Gasteiger charge is -2.09. The largest absolute Gasteiger partial charge is 0.284 e. The van der Waals surface area contributed by atoms with Crippen LogP contribution in [0.1, 0.15) is 0 Å². The summed E-state index contributed by atoms with van der Waals surface area (Å²) in [7, 11) is -7.16. The summed E-state index contributed by atoms with van der Waals surface area (Å²) in [5.41, 5.74) is 0.663. The Morgan fingerprint density at radius 1 is 0.773 bits per heavy atom. The summed E-state index contributed by atoms with van der Waals surface area (Å²) in [4.78, 5) is 0.0153. The normalized spacial score (nSPS) is 11.9. The fraction of sp³-hybridized carbons (Fsp3) is 0.0769. The molecule has 22 heavy (non-hydrogen) atoms. The number of hydrogen-bond donors (Lipinski definition) is 2. The van der Waals surface area contributed by atoms with Crippen LogP contribution >= 0.6 is 11.6 Å². The predicted octanol–water partition coefficient (Wildman–Crippen LogP) is 2.51. The highest BCUT2D eigenvalue weighted by Gasteiger charge is 2.14. The molecule has 0 aliphatic heterocycles. The summed E-state index contributed by atoms with van der Waals surface area (Å²) in [6, 6.07) is 11.6. The van der Waals surface area contributed by atoms with E-state index in [2.05, 4.69) is 9.44 Å². The predicted molar refractivity (Wildman–Crippen MR) is 87.2 cm³/mol. The van der Waals surface area contributed by atoms with E-state index in [0.717, 1.165) is 6.26 Å². The van der Waals surface area contributed by atoms with Crippen molar-refractivity contribution in [2.45, 2.75) is 4.90 Å². The molecule has 0 saturated heterocycles. The molecular formula is C13H13ClN2O4S2. The molecule has 2 rings (SSSR count). The van der Waals surface area contributed by atoms with Gasteiger partial charge in [0.05, 0.1) is 11.2 Å². The van der Waals surface area contributed by atoms with Crippen molar-refractivity contribution in [2.24, 2.45) is 0 Å². The molecule has 0 aliphatic rings. The van der Waals surface area contributed by atoms with Crippen molar-refractivity contribution in [3.8, 4) is 0 Å². The zero-order valence-corrected chi connectivity index (χ0v) is 13.8. The van der Waals surface area contributed by atoms with Gasteiger partial charge in [0.25, 0.3) is 10.0 Å². The molecule has 0 atom stereocenters. The van der Waals surface area contributed by atoms with E-state index < -0.39 is 20.0 Å². The van der Waals surface area contributed by atoms with Crippen LogP contribution in [0, 0.1) is 0 Å². The van der Waals surface area contributed by atoms with Gasteiger partial charge in [0.2, 0.25) is 10.0 Å². The average molecular weight is 361 g/mol. The van der Waals surface area contributed by atoms with Gasteiger partial charge in [-0.1, -0.05) is 11.6 Å². The third-order valence-electron chi connectivity index (χ3n) is 2.56. The van der Waals surface area contributed by atoms with Crippen LogP contribution in [-0.4, -0.2) is 23.1 Å². The van der Waals surface area contributed by atoms with Crippen molar-refractivity contribution in [1.29, 1.82) is 0 Å².